The molecule has 1 fully saturated rings. The second-order valence-electron chi connectivity index (χ2n) is 5.67. The predicted molar refractivity (Wildman–Crippen MR) is 65.2 cm³/mol. The van der Waals surface area contributed by atoms with E-state index in [2.05, 4.69) is 33.9 Å². The van der Waals surface area contributed by atoms with Gasteiger partial charge in [0.05, 0.1) is 6.10 Å². The van der Waals surface area contributed by atoms with E-state index in [1.807, 2.05) is 0 Å². The Morgan fingerprint density at radius 2 is 1.80 bits per heavy atom. The van der Waals surface area contributed by atoms with E-state index >= 15 is 0 Å². The first-order valence-electron chi connectivity index (χ1n) is 5.06. The van der Waals surface area contributed by atoms with Crippen LogP contribution in [0.2, 0.25) is 18.1 Å². The Morgan fingerprint density at radius 1 is 1.33 bits per heavy atom. The molecule has 0 N–H and O–H groups in total. The standard InChI is InChI=1S/C9H19ClO3SSi/c1-9(2,3)15(4,5)13-7-6-8(7)14(10,11)12/h7-8H,6H2,1-5H3. The SMILES string of the molecule is CC(C)(C)[Si](C)(C)OC1CC1S(=O)(=O)Cl. The lowest BCUT2D eigenvalue weighted by Crippen LogP contribution is -2.42. The van der Waals surface area contributed by atoms with Crippen LogP contribution in [0.15, 0.2) is 0 Å². The van der Waals surface area contributed by atoms with Gasteiger partial charge in [-0.15, -0.1) is 0 Å². The fourth-order valence-corrected chi connectivity index (χ4v) is 4.00. The molecule has 0 aromatic rings. The number of hydrogen-bond donors (Lipinski definition) is 0. The van der Waals surface area contributed by atoms with Gasteiger partial charge in [0, 0.05) is 10.7 Å². The molecule has 0 radical (unpaired) electrons. The van der Waals surface area contributed by atoms with Gasteiger partial charge in [-0.1, -0.05) is 20.8 Å². The minimum absolute atomic E-state index is 0.107. The normalized spacial score (nSPS) is 27.9. The molecule has 0 bridgehead atoms. The van der Waals surface area contributed by atoms with E-state index in [4.69, 9.17) is 15.1 Å². The average molecular weight is 271 g/mol. The maximum absolute atomic E-state index is 11.0. The number of rotatable bonds is 3. The second-order valence-corrected chi connectivity index (χ2v) is 13.3. The van der Waals surface area contributed by atoms with Crippen molar-refractivity contribution in [1.29, 1.82) is 0 Å². The zero-order valence-electron chi connectivity index (χ0n) is 9.87. The van der Waals surface area contributed by atoms with Crippen molar-refractivity contribution in [3.63, 3.8) is 0 Å². The summed E-state index contributed by atoms with van der Waals surface area (Å²) in [6.07, 6.45) is 0.381. The van der Waals surface area contributed by atoms with E-state index in [-0.39, 0.29) is 11.1 Å². The van der Waals surface area contributed by atoms with Crippen LogP contribution in [0.1, 0.15) is 27.2 Å². The van der Waals surface area contributed by atoms with Crippen molar-refractivity contribution in [1.82, 2.24) is 0 Å². The summed E-state index contributed by atoms with van der Waals surface area (Å²) < 4.78 is 28.0. The molecule has 90 valence electrons. The Labute approximate surface area is 97.7 Å². The van der Waals surface area contributed by atoms with Crippen molar-refractivity contribution in [3.8, 4) is 0 Å². The molecule has 2 unspecified atom stereocenters. The van der Waals surface area contributed by atoms with E-state index in [1.54, 1.807) is 0 Å². The first kappa shape index (κ1) is 13.5. The van der Waals surface area contributed by atoms with Crippen LogP contribution in [0.4, 0.5) is 0 Å². The highest BCUT2D eigenvalue weighted by Crippen LogP contribution is 2.43. The molecule has 0 saturated heterocycles. The lowest BCUT2D eigenvalue weighted by atomic mass is 10.2. The van der Waals surface area contributed by atoms with Crippen LogP contribution >= 0.6 is 10.7 Å². The zero-order valence-corrected chi connectivity index (χ0v) is 12.4. The van der Waals surface area contributed by atoms with Crippen molar-refractivity contribution >= 4 is 28.1 Å². The molecule has 15 heavy (non-hydrogen) atoms. The highest BCUT2D eigenvalue weighted by atomic mass is 35.7. The molecule has 0 spiro atoms. The van der Waals surface area contributed by atoms with Crippen LogP contribution in [-0.4, -0.2) is 28.1 Å². The maximum Gasteiger partial charge on any atom is 0.238 e. The van der Waals surface area contributed by atoms with E-state index in [1.165, 1.54) is 0 Å². The third-order valence-corrected chi connectivity index (χ3v) is 9.70. The topological polar surface area (TPSA) is 43.4 Å². The first-order valence-corrected chi connectivity index (χ1v) is 10.3. The molecule has 0 aliphatic heterocycles. The lowest BCUT2D eigenvalue weighted by molar-refractivity contribution is 0.274. The minimum atomic E-state index is -3.43. The lowest BCUT2D eigenvalue weighted by Gasteiger charge is -2.36. The Morgan fingerprint density at radius 3 is 2.07 bits per heavy atom. The third kappa shape index (κ3) is 3.19. The molecule has 0 aromatic carbocycles. The molecule has 1 saturated carbocycles. The molecule has 2 atom stereocenters. The molecule has 6 heteroatoms. The molecule has 3 nitrogen and oxygen atoms in total. The van der Waals surface area contributed by atoms with Crippen molar-refractivity contribution < 1.29 is 12.8 Å². The molecule has 0 heterocycles. The van der Waals surface area contributed by atoms with Gasteiger partial charge in [0.15, 0.2) is 8.32 Å². The minimum Gasteiger partial charge on any atom is -0.413 e. The first-order chi connectivity index (χ1) is 6.45. The summed E-state index contributed by atoms with van der Waals surface area (Å²) in [6, 6.07) is 0. The summed E-state index contributed by atoms with van der Waals surface area (Å²) in [6.45, 7) is 10.6. The summed E-state index contributed by atoms with van der Waals surface area (Å²) in [7, 11) is -0.000334. The highest BCUT2D eigenvalue weighted by Gasteiger charge is 2.52. The molecule has 1 rings (SSSR count). The van der Waals surface area contributed by atoms with Crippen molar-refractivity contribution in [2.24, 2.45) is 0 Å². The van der Waals surface area contributed by atoms with E-state index in [0.717, 1.165) is 0 Å². The number of halogens is 1. The van der Waals surface area contributed by atoms with Crippen molar-refractivity contribution in [3.05, 3.63) is 0 Å². The van der Waals surface area contributed by atoms with Crippen LogP contribution in [-0.2, 0) is 13.5 Å². The van der Waals surface area contributed by atoms with Gasteiger partial charge in [0.1, 0.15) is 5.25 Å². The van der Waals surface area contributed by atoms with Crippen molar-refractivity contribution in [2.75, 3.05) is 0 Å². The second kappa shape index (κ2) is 3.72. The quantitative estimate of drug-likeness (QED) is 0.585. The van der Waals surface area contributed by atoms with E-state index in [0.29, 0.717) is 6.42 Å². The average Bonchev–Trinajstić information content (AvgIpc) is 2.61. The van der Waals surface area contributed by atoms with Crippen LogP contribution in [0, 0.1) is 0 Å². The van der Waals surface area contributed by atoms with Gasteiger partial charge < -0.3 is 4.43 Å². The smallest absolute Gasteiger partial charge is 0.238 e. The summed E-state index contributed by atoms with van der Waals surface area (Å²) in [4.78, 5) is 0. The molecule has 0 aromatic heterocycles. The zero-order chi connectivity index (χ0) is 12.1. The van der Waals surface area contributed by atoms with Crippen LogP contribution < -0.4 is 0 Å². The summed E-state index contributed by atoms with van der Waals surface area (Å²) in [5.41, 5.74) is 0. The highest BCUT2D eigenvalue weighted by molar-refractivity contribution is 8.14. The van der Waals surface area contributed by atoms with E-state index < -0.39 is 22.6 Å². The van der Waals surface area contributed by atoms with Crippen LogP contribution in [0.25, 0.3) is 0 Å². The van der Waals surface area contributed by atoms with Crippen LogP contribution in [0.5, 0.6) is 0 Å². The maximum atomic E-state index is 11.0. The van der Waals surface area contributed by atoms with Gasteiger partial charge in [-0.3, -0.25) is 0 Å². The third-order valence-electron chi connectivity index (χ3n) is 3.29. The molecular formula is C9H19ClO3SSi. The molecule has 1 aliphatic rings. The van der Waals surface area contributed by atoms with Gasteiger partial charge in [0.2, 0.25) is 9.05 Å². The van der Waals surface area contributed by atoms with Crippen molar-refractivity contribution in [2.45, 2.75) is 56.7 Å². The molecule has 1 aliphatic carbocycles. The van der Waals surface area contributed by atoms with Gasteiger partial charge in [-0.25, -0.2) is 8.42 Å². The fourth-order valence-electron chi connectivity index (χ4n) is 1.13. The monoisotopic (exact) mass is 270 g/mol. The Bertz CT molecular complexity index is 345. The Kier molecular flexibility index (Phi) is 3.34. The number of hydrogen-bond acceptors (Lipinski definition) is 3. The molecular weight excluding hydrogens is 252 g/mol. The Hall–Kier alpha value is 0.417. The van der Waals surface area contributed by atoms with Gasteiger partial charge in [-0.05, 0) is 24.6 Å². The molecule has 0 amide bonds. The van der Waals surface area contributed by atoms with Gasteiger partial charge in [-0.2, -0.15) is 0 Å². The fraction of sp³-hybridized carbons (Fsp3) is 1.00. The predicted octanol–water partition coefficient (Wildman–Crippen LogP) is 2.72. The van der Waals surface area contributed by atoms with Crippen LogP contribution in [0.3, 0.4) is 0 Å². The Balaban J connectivity index is 2.61. The summed E-state index contributed by atoms with van der Waals surface area (Å²) >= 11 is 0. The largest absolute Gasteiger partial charge is 0.413 e. The van der Waals surface area contributed by atoms with Gasteiger partial charge >= 0.3 is 0 Å². The van der Waals surface area contributed by atoms with E-state index in [9.17, 15) is 8.42 Å². The van der Waals surface area contributed by atoms with Gasteiger partial charge in [0.25, 0.3) is 0 Å². The summed E-state index contributed by atoms with van der Waals surface area (Å²) in [5, 5.41) is -0.371. The summed E-state index contributed by atoms with van der Waals surface area (Å²) in [5.74, 6) is 0.